The van der Waals surface area contributed by atoms with Crippen molar-refractivity contribution in [2.75, 3.05) is 13.7 Å². The Kier molecular flexibility index (Phi) is 3.13. The van der Waals surface area contributed by atoms with Crippen LogP contribution in [0.4, 0.5) is 0 Å². The van der Waals surface area contributed by atoms with Gasteiger partial charge in [0, 0.05) is 5.92 Å². The fourth-order valence-electron chi connectivity index (χ4n) is 4.05. The van der Waals surface area contributed by atoms with Crippen molar-refractivity contribution in [3.63, 3.8) is 0 Å². The third kappa shape index (κ3) is 1.71. The molecule has 2 aromatic carbocycles. The first-order valence-electron chi connectivity index (χ1n) is 7.76. The molecule has 116 valence electrons. The van der Waals surface area contributed by atoms with Crippen molar-refractivity contribution in [3.05, 3.63) is 77.9 Å². The van der Waals surface area contributed by atoms with E-state index in [9.17, 15) is 4.79 Å². The Morgan fingerprint density at radius 2 is 1.96 bits per heavy atom. The van der Waals surface area contributed by atoms with Crippen LogP contribution in [0.15, 0.2) is 61.2 Å². The number of rotatable bonds is 3. The largest absolute Gasteiger partial charge is 0.497 e. The molecule has 3 heteroatoms. The van der Waals surface area contributed by atoms with Gasteiger partial charge in [-0.25, -0.2) is 0 Å². The highest BCUT2D eigenvalue weighted by Gasteiger charge is 2.59. The van der Waals surface area contributed by atoms with E-state index in [1.807, 2.05) is 54.6 Å². The standard InChI is InChI=1S/C20H18O3/c1-3-13-12-23-18-16-6-4-5-7-17(16)20(13,19(18)21)14-8-10-15(22-2)11-9-14/h3-11,13,18H,1,12H2,2H3. The smallest absolute Gasteiger partial charge is 0.181 e. The molecule has 0 saturated carbocycles. The van der Waals surface area contributed by atoms with Gasteiger partial charge in [-0.3, -0.25) is 4.79 Å². The summed E-state index contributed by atoms with van der Waals surface area (Å²) in [5.74, 6) is 0.811. The van der Waals surface area contributed by atoms with Crippen LogP contribution in [-0.4, -0.2) is 19.5 Å². The van der Waals surface area contributed by atoms with Crippen LogP contribution in [0.25, 0.3) is 0 Å². The van der Waals surface area contributed by atoms with Crippen molar-refractivity contribution >= 4 is 5.78 Å². The second-order valence-corrected chi connectivity index (χ2v) is 6.04. The first-order valence-corrected chi connectivity index (χ1v) is 7.76. The molecule has 0 aromatic heterocycles. The summed E-state index contributed by atoms with van der Waals surface area (Å²) >= 11 is 0. The molecule has 2 bridgehead atoms. The summed E-state index contributed by atoms with van der Waals surface area (Å²) < 4.78 is 11.1. The molecule has 0 amide bonds. The number of carbonyl (C=O) groups excluding carboxylic acids is 1. The molecule has 4 rings (SSSR count). The predicted octanol–water partition coefficient (Wildman–Crippen LogP) is 3.44. The minimum atomic E-state index is -0.701. The van der Waals surface area contributed by atoms with Gasteiger partial charge in [-0.05, 0) is 28.8 Å². The van der Waals surface area contributed by atoms with Crippen molar-refractivity contribution in [2.45, 2.75) is 11.5 Å². The molecule has 1 aliphatic heterocycles. The quantitative estimate of drug-likeness (QED) is 0.815. The van der Waals surface area contributed by atoms with Gasteiger partial charge in [-0.15, -0.1) is 6.58 Å². The van der Waals surface area contributed by atoms with Crippen molar-refractivity contribution in [3.8, 4) is 5.75 Å². The summed E-state index contributed by atoms with van der Waals surface area (Å²) in [7, 11) is 1.64. The highest BCUT2D eigenvalue weighted by molar-refractivity contribution is 6.03. The molecule has 3 nitrogen and oxygen atoms in total. The van der Waals surface area contributed by atoms with Gasteiger partial charge in [0.2, 0.25) is 0 Å². The van der Waals surface area contributed by atoms with E-state index in [2.05, 4.69) is 6.58 Å². The van der Waals surface area contributed by atoms with E-state index in [0.29, 0.717) is 6.61 Å². The molecule has 23 heavy (non-hydrogen) atoms. The van der Waals surface area contributed by atoms with Crippen molar-refractivity contribution in [1.82, 2.24) is 0 Å². The summed E-state index contributed by atoms with van der Waals surface area (Å²) in [6.45, 7) is 4.46. The fourth-order valence-corrected chi connectivity index (χ4v) is 4.05. The minimum Gasteiger partial charge on any atom is -0.497 e. The van der Waals surface area contributed by atoms with Crippen LogP contribution >= 0.6 is 0 Å². The second kappa shape index (κ2) is 5.07. The van der Waals surface area contributed by atoms with Gasteiger partial charge >= 0.3 is 0 Å². The number of hydrogen-bond acceptors (Lipinski definition) is 3. The Morgan fingerprint density at radius 3 is 2.65 bits per heavy atom. The lowest BCUT2D eigenvalue weighted by atomic mass is 9.65. The molecule has 2 aliphatic rings. The van der Waals surface area contributed by atoms with Crippen molar-refractivity contribution < 1.29 is 14.3 Å². The average molecular weight is 306 g/mol. The van der Waals surface area contributed by atoms with Crippen LogP contribution < -0.4 is 4.74 Å². The van der Waals surface area contributed by atoms with Crippen LogP contribution in [0.1, 0.15) is 22.8 Å². The summed E-state index contributed by atoms with van der Waals surface area (Å²) in [6, 6.07) is 15.8. The Bertz CT molecular complexity index is 778. The third-order valence-corrected chi connectivity index (χ3v) is 5.12. The zero-order valence-corrected chi connectivity index (χ0v) is 13.0. The maximum Gasteiger partial charge on any atom is 0.181 e. The van der Waals surface area contributed by atoms with E-state index in [1.54, 1.807) is 7.11 Å². The van der Waals surface area contributed by atoms with Crippen LogP contribution in [0.5, 0.6) is 5.75 Å². The van der Waals surface area contributed by atoms with Gasteiger partial charge in [-0.2, -0.15) is 0 Å². The molecule has 3 unspecified atom stereocenters. The van der Waals surface area contributed by atoms with E-state index in [1.165, 1.54) is 0 Å². The normalized spacial score (nSPS) is 28.3. The Balaban J connectivity index is 2.00. The molecule has 1 aliphatic carbocycles. The summed E-state index contributed by atoms with van der Waals surface area (Å²) in [6.07, 6.45) is 1.38. The first kappa shape index (κ1) is 14.2. The Hall–Kier alpha value is -2.39. The number of methoxy groups -OCH3 is 1. The number of benzene rings is 2. The summed E-state index contributed by atoms with van der Waals surface area (Å²) in [5, 5.41) is 0. The van der Waals surface area contributed by atoms with E-state index in [4.69, 9.17) is 9.47 Å². The first-order chi connectivity index (χ1) is 11.2. The molecule has 1 heterocycles. The number of hydrogen-bond donors (Lipinski definition) is 0. The molecule has 3 atom stereocenters. The highest BCUT2D eigenvalue weighted by atomic mass is 16.5. The SMILES string of the molecule is C=CC1COC2C(=O)C1(c1ccc(OC)cc1)c1ccccc12. The maximum absolute atomic E-state index is 13.3. The molecule has 1 fully saturated rings. The lowest BCUT2D eigenvalue weighted by Crippen LogP contribution is -2.47. The number of Topliss-reactive ketones (excluding diaryl/α,β-unsaturated/α-hetero) is 1. The predicted molar refractivity (Wildman–Crippen MR) is 87.6 cm³/mol. The average Bonchev–Trinajstić information content (AvgIpc) is 2.76. The molecule has 0 N–H and O–H groups in total. The molecule has 2 aromatic rings. The summed E-state index contributed by atoms with van der Waals surface area (Å²) in [5.41, 5.74) is 2.31. The van der Waals surface area contributed by atoms with E-state index in [-0.39, 0.29) is 11.7 Å². The van der Waals surface area contributed by atoms with Crippen LogP contribution in [0.3, 0.4) is 0 Å². The lowest BCUT2D eigenvalue weighted by molar-refractivity contribution is -0.143. The molecule has 1 saturated heterocycles. The van der Waals surface area contributed by atoms with E-state index >= 15 is 0 Å². The van der Waals surface area contributed by atoms with Crippen LogP contribution in [-0.2, 0) is 14.9 Å². The molecular weight excluding hydrogens is 288 g/mol. The molecule has 0 radical (unpaired) electrons. The topological polar surface area (TPSA) is 35.5 Å². The Morgan fingerprint density at radius 1 is 1.22 bits per heavy atom. The molecule has 0 spiro atoms. The van der Waals surface area contributed by atoms with Gasteiger partial charge in [0.15, 0.2) is 5.78 Å². The maximum atomic E-state index is 13.3. The second-order valence-electron chi connectivity index (χ2n) is 6.04. The van der Waals surface area contributed by atoms with Crippen molar-refractivity contribution in [2.24, 2.45) is 5.92 Å². The zero-order chi connectivity index (χ0) is 16.0. The van der Waals surface area contributed by atoms with Crippen LogP contribution in [0, 0.1) is 5.92 Å². The number of fused-ring (bicyclic) bond motifs is 5. The number of ketones is 1. The number of carbonyl (C=O) groups is 1. The number of ether oxygens (including phenoxy) is 2. The lowest BCUT2D eigenvalue weighted by Gasteiger charge is -2.39. The van der Waals surface area contributed by atoms with Gasteiger partial charge in [0.05, 0.1) is 19.1 Å². The van der Waals surface area contributed by atoms with Gasteiger partial charge < -0.3 is 9.47 Å². The zero-order valence-electron chi connectivity index (χ0n) is 13.0. The van der Waals surface area contributed by atoms with E-state index < -0.39 is 11.5 Å². The summed E-state index contributed by atoms with van der Waals surface area (Å²) in [4.78, 5) is 13.3. The fraction of sp³-hybridized carbons (Fsp3) is 0.250. The monoisotopic (exact) mass is 306 g/mol. The van der Waals surface area contributed by atoms with Crippen LogP contribution in [0.2, 0.25) is 0 Å². The van der Waals surface area contributed by atoms with Crippen molar-refractivity contribution in [1.29, 1.82) is 0 Å². The van der Waals surface area contributed by atoms with Gasteiger partial charge in [0.25, 0.3) is 0 Å². The van der Waals surface area contributed by atoms with Gasteiger partial charge in [0.1, 0.15) is 11.9 Å². The van der Waals surface area contributed by atoms with Gasteiger partial charge in [-0.1, -0.05) is 42.5 Å². The highest BCUT2D eigenvalue weighted by Crippen LogP contribution is 2.55. The minimum absolute atomic E-state index is 0.0803. The third-order valence-electron chi connectivity index (χ3n) is 5.12. The van der Waals surface area contributed by atoms with E-state index in [0.717, 1.165) is 22.4 Å². The molecular formula is C20H18O3. The Labute approximate surface area is 135 Å².